The Hall–Kier alpha value is -2.64. The first kappa shape index (κ1) is 21.1. The zero-order chi connectivity index (χ0) is 20.8. The van der Waals surface area contributed by atoms with E-state index in [0.29, 0.717) is 17.4 Å². The Morgan fingerprint density at radius 1 is 1.00 bits per heavy atom. The zero-order valence-corrected chi connectivity index (χ0v) is 17.2. The summed E-state index contributed by atoms with van der Waals surface area (Å²) < 4.78 is 21.2. The Morgan fingerprint density at radius 2 is 1.69 bits per heavy atom. The van der Waals surface area contributed by atoms with Crippen molar-refractivity contribution in [3.63, 3.8) is 0 Å². The number of methoxy groups -OCH3 is 3. The molecule has 0 aromatic heterocycles. The van der Waals surface area contributed by atoms with E-state index >= 15 is 0 Å². The summed E-state index contributed by atoms with van der Waals surface area (Å²) in [6, 6.07) is 5.71. The van der Waals surface area contributed by atoms with Gasteiger partial charge in [0.1, 0.15) is 6.10 Å². The fraction of sp³-hybridized carbons (Fsp3) is 0.619. The first-order valence-corrected chi connectivity index (χ1v) is 10.0. The number of carbonyl (C=O) groups is 2. The molecule has 3 rings (SSSR count). The van der Waals surface area contributed by atoms with Crippen LogP contribution in [-0.4, -0.2) is 52.7 Å². The number of carbonyl (C=O) groups excluding carboxylic acids is 2. The van der Waals surface area contributed by atoms with Crippen LogP contribution in [0.3, 0.4) is 0 Å². The number of benzene rings is 1. The van der Waals surface area contributed by atoms with Gasteiger partial charge < -0.3 is 29.6 Å². The minimum absolute atomic E-state index is 0.193. The summed E-state index contributed by atoms with van der Waals surface area (Å²) in [5.41, 5.74) is 0.914. The first-order valence-electron chi connectivity index (χ1n) is 10.0. The summed E-state index contributed by atoms with van der Waals surface area (Å²) in [7, 11) is 4.25. The highest BCUT2D eigenvalue weighted by Crippen LogP contribution is 2.47. The van der Waals surface area contributed by atoms with Gasteiger partial charge in [0, 0.05) is 19.0 Å². The number of rotatable bonds is 8. The van der Waals surface area contributed by atoms with Gasteiger partial charge >= 0.3 is 12.2 Å². The molecule has 8 nitrogen and oxygen atoms in total. The van der Waals surface area contributed by atoms with Crippen LogP contribution in [0.5, 0.6) is 11.5 Å². The van der Waals surface area contributed by atoms with Crippen molar-refractivity contribution in [2.24, 2.45) is 11.8 Å². The molecule has 0 heterocycles. The minimum atomic E-state index is -0.528. The van der Waals surface area contributed by atoms with Gasteiger partial charge in [-0.3, -0.25) is 0 Å². The number of ether oxygens (including phenoxy) is 4. The van der Waals surface area contributed by atoms with Crippen molar-refractivity contribution in [1.82, 2.24) is 10.6 Å². The molecule has 3 atom stereocenters. The van der Waals surface area contributed by atoms with Crippen molar-refractivity contribution in [2.75, 3.05) is 34.4 Å². The highest BCUT2D eigenvalue weighted by Gasteiger charge is 2.41. The molecule has 29 heavy (non-hydrogen) atoms. The lowest BCUT2D eigenvalue weighted by molar-refractivity contribution is 0.133. The maximum Gasteiger partial charge on any atom is 0.406 e. The molecule has 2 aliphatic carbocycles. The second-order valence-electron chi connectivity index (χ2n) is 7.68. The summed E-state index contributed by atoms with van der Waals surface area (Å²) >= 11 is 0. The Morgan fingerprint density at radius 3 is 2.21 bits per heavy atom. The van der Waals surface area contributed by atoms with Crippen LogP contribution >= 0.6 is 0 Å². The predicted molar refractivity (Wildman–Crippen MR) is 106 cm³/mol. The van der Waals surface area contributed by atoms with E-state index in [1.807, 2.05) is 18.2 Å². The molecule has 8 heteroatoms. The molecule has 2 amide bonds. The molecule has 1 aromatic rings. The van der Waals surface area contributed by atoms with E-state index in [0.717, 1.165) is 17.9 Å². The van der Waals surface area contributed by atoms with Crippen LogP contribution < -0.4 is 20.1 Å². The van der Waals surface area contributed by atoms with E-state index in [1.54, 1.807) is 7.11 Å². The number of alkyl carbamates (subject to hydrolysis) is 2. The third kappa shape index (κ3) is 5.25. The molecule has 0 aliphatic heterocycles. The van der Waals surface area contributed by atoms with Crippen LogP contribution in [0.4, 0.5) is 9.59 Å². The maximum atomic E-state index is 11.5. The quantitative estimate of drug-likeness (QED) is 0.689. The van der Waals surface area contributed by atoms with Gasteiger partial charge in [-0.2, -0.15) is 0 Å². The smallest absolute Gasteiger partial charge is 0.406 e. The molecule has 0 spiro atoms. The Kier molecular flexibility index (Phi) is 7.06. The fourth-order valence-electron chi connectivity index (χ4n) is 4.40. The Balaban J connectivity index is 1.76. The number of hydrogen-bond donors (Lipinski definition) is 2. The molecule has 1 aromatic carbocycles. The zero-order valence-electron chi connectivity index (χ0n) is 17.2. The van der Waals surface area contributed by atoms with Crippen molar-refractivity contribution < 1.29 is 28.5 Å². The number of fused-ring (bicyclic) bond motifs is 2. The lowest BCUT2D eigenvalue weighted by Gasteiger charge is -2.25. The molecule has 0 radical (unpaired) electrons. The van der Waals surface area contributed by atoms with E-state index < -0.39 is 12.2 Å². The summed E-state index contributed by atoms with van der Waals surface area (Å²) in [6.07, 6.45) is 4.04. The highest BCUT2D eigenvalue weighted by atomic mass is 16.5. The van der Waals surface area contributed by atoms with Crippen molar-refractivity contribution in [1.29, 1.82) is 0 Å². The van der Waals surface area contributed by atoms with Crippen LogP contribution in [-0.2, 0) is 9.47 Å². The van der Waals surface area contributed by atoms with Crippen molar-refractivity contribution in [3.8, 4) is 11.5 Å². The van der Waals surface area contributed by atoms with Gasteiger partial charge in [-0.25, -0.2) is 9.59 Å². The number of amides is 2. The van der Waals surface area contributed by atoms with Crippen molar-refractivity contribution in [3.05, 3.63) is 23.8 Å². The molecule has 160 valence electrons. The minimum Gasteiger partial charge on any atom is -0.493 e. The van der Waals surface area contributed by atoms with Gasteiger partial charge in [-0.15, -0.1) is 0 Å². The van der Waals surface area contributed by atoms with E-state index in [-0.39, 0.29) is 25.1 Å². The third-order valence-corrected chi connectivity index (χ3v) is 5.97. The van der Waals surface area contributed by atoms with Crippen LogP contribution in [0.25, 0.3) is 0 Å². The van der Waals surface area contributed by atoms with E-state index in [2.05, 4.69) is 20.1 Å². The van der Waals surface area contributed by atoms with Gasteiger partial charge in [0.2, 0.25) is 0 Å². The van der Waals surface area contributed by atoms with E-state index in [9.17, 15) is 9.59 Å². The van der Waals surface area contributed by atoms with Crippen LogP contribution in [0, 0.1) is 11.8 Å². The van der Waals surface area contributed by atoms with Crippen molar-refractivity contribution >= 4 is 12.2 Å². The van der Waals surface area contributed by atoms with Crippen LogP contribution in [0.1, 0.15) is 37.2 Å². The lowest BCUT2D eigenvalue weighted by atomic mass is 9.96. The third-order valence-electron chi connectivity index (χ3n) is 5.97. The predicted octanol–water partition coefficient (Wildman–Crippen LogP) is 3.06. The van der Waals surface area contributed by atoms with Gasteiger partial charge in [0.15, 0.2) is 11.5 Å². The molecule has 2 saturated carbocycles. The molecular weight excluding hydrogens is 376 g/mol. The highest BCUT2D eigenvalue weighted by molar-refractivity contribution is 5.68. The monoisotopic (exact) mass is 406 g/mol. The Bertz CT molecular complexity index is 705. The second-order valence-corrected chi connectivity index (χ2v) is 7.68. The van der Waals surface area contributed by atoms with Crippen LogP contribution in [0.2, 0.25) is 0 Å². The SMILES string of the molecule is COC(=O)NCC(CNC(=O)OC)c1ccc(OC)c(O[C@H]2C[C@H]3CC[C@H]2C3)c1. The largest absolute Gasteiger partial charge is 0.493 e. The average Bonchev–Trinajstić information content (AvgIpc) is 3.36. The van der Waals surface area contributed by atoms with Crippen molar-refractivity contribution in [2.45, 2.75) is 37.7 Å². The van der Waals surface area contributed by atoms with Gasteiger partial charge in [-0.1, -0.05) is 6.07 Å². The van der Waals surface area contributed by atoms with E-state index in [1.165, 1.54) is 33.5 Å². The summed E-state index contributed by atoms with van der Waals surface area (Å²) in [4.78, 5) is 23.0. The summed E-state index contributed by atoms with van der Waals surface area (Å²) in [5.74, 6) is 2.58. The standard InChI is InChI=1S/C21H30N2O6/c1-26-17-7-6-14(10-19(17)29-18-9-13-4-5-15(18)8-13)16(11-22-20(24)27-2)12-23-21(25)28-3/h6-7,10,13,15-16,18H,4-5,8-9,11-12H2,1-3H3,(H,22,24)(H,23,25)/t13-,15-,18-/m0/s1. The van der Waals surface area contributed by atoms with Gasteiger partial charge in [-0.05, 0) is 55.2 Å². The average molecular weight is 406 g/mol. The molecular formula is C21H30N2O6. The fourth-order valence-corrected chi connectivity index (χ4v) is 4.40. The normalized spacial score (nSPS) is 22.3. The first-order chi connectivity index (χ1) is 14.0. The Labute approximate surface area is 171 Å². The van der Waals surface area contributed by atoms with E-state index in [4.69, 9.17) is 9.47 Å². The number of hydrogen-bond acceptors (Lipinski definition) is 6. The summed E-state index contributed by atoms with van der Waals surface area (Å²) in [5, 5.41) is 5.38. The molecule has 2 N–H and O–H groups in total. The topological polar surface area (TPSA) is 95.1 Å². The van der Waals surface area contributed by atoms with Gasteiger partial charge in [0.05, 0.1) is 21.3 Å². The number of nitrogens with one attached hydrogen (secondary N) is 2. The van der Waals surface area contributed by atoms with Crippen LogP contribution in [0.15, 0.2) is 18.2 Å². The summed E-state index contributed by atoms with van der Waals surface area (Å²) in [6.45, 7) is 0.577. The molecule has 2 fully saturated rings. The second kappa shape index (κ2) is 9.71. The molecule has 0 unspecified atom stereocenters. The molecule has 0 saturated heterocycles. The molecule has 2 aliphatic rings. The molecule has 2 bridgehead atoms. The lowest BCUT2D eigenvalue weighted by Crippen LogP contribution is -2.35. The van der Waals surface area contributed by atoms with Gasteiger partial charge in [0.25, 0.3) is 0 Å². The maximum absolute atomic E-state index is 11.5.